The van der Waals surface area contributed by atoms with Crippen LogP contribution < -0.4 is 5.32 Å². The standard InChI is InChI=1S/C15H16F3NO2/c16-11-4-3-9(12(17)13(11)18)15(21)19-14-8-2-1-7(5-8)10(14)6-20/h3-4,7-8,10,14,20H,1-2,5-6H2,(H,19,21). The molecule has 21 heavy (non-hydrogen) atoms. The fraction of sp³-hybridized carbons (Fsp3) is 0.533. The van der Waals surface area contributed by atoms with Crippen molar-refractivity contribution in [2.75, 3.05) is 6.61 Å². The van der Waals surface area contributed by atoms with E-state index in [1.54, 1.807) is 0 Å². The molecule has 4 atom stereocenters. The van der Waals surface area contributed by atoms with Gasteiger partial charge in [-0.3, -0.25) is 4.79 Å². The summed E-state index contributed by atoms with van der Waals surface area (Å²) < 4.78 is 39.7. The minimum Gasteiger partial charge on any atom is -0.396 e. The SMILES string of the molecule is O=C(NC1C2CCC(C2)C1CO)c1ccc(F)c(F)c1F. The molecule has 2 N–H and O–H groups in total. The molecule has 2 fully saturated rings. The number of fused-ring (bicyclic) bond motifs is 2. The Bertz CT molecular complexity index is 578. The van der Waals surface area contributed by atoms with E-state index in [0.29, 0.717) is 5.92 Å². The van der Waals surface area contributed by atoms with E-state index in [0.717, 1.165) is 31.4 Å². The average Bonchev–Trinajstić information content (AvgIpc) is 3.05. The second-order valence-corrected chi connectivity index (χ2v) is 5.90. The van der Waals surface area contributed by atoms with Gasteiger partial charge in [0.2, 0.25) is 0 Å². The Morgan fingerprint density at radius 2 is 1.90 bits per heavy atom. The van der Waals surface area contributed by atoms with Crippen LogP contribution in [-0.4, -0.2) is 23.7 Å². The number of hydrogen-bond acceptors (Lipinski definition) is 2. The number of halogens is 3. The molecule has 0 aliphatic heterocycles. The molecule has 2 bridgehead atoms. The predicted molar refractivity (Wildman–Crippen MR) is 69.0 cm³/mol. The molecular formula is C15H16F3NO2. The Morgan fingerprint density at radius 1 is 1.19 bits per heavy atom. The molecule has 2 aliphatic carbocycles. The number of benzene rings is 1. The van der Waals surface area contributed by atoms with E-state index in [2.05, 4.69) is 5.32 Å². The molecule has 0 spiro atoms. The average molecular weight is 299 g/mol. The molecule has 3 nitrogen and oxygen atoms in total. The maximum absolute atomic E-state index is 13.6. The lowest BCUT2D eigenvalue weighted by Gasteiger charge is -2.30. The molecule has 0 heterocycles. The van der Waals surface area contributed by atoms with Gasteiger partial charge in [-0.15, -0.1) is 0 Å². The van der Waals surface area contributed by atoms with Crippen molar-refractivity contribution in [2.45, 2.75) is 25.3 Å². The number of carbonyl (C=O) groups is 1. The number of aliphatic hydroxyl groups is 1. The third-order valence-electron chi connectivity index (χ3n) is 4.88. The van der Waals surface area contributed by atoms with Gasteiger partial charge < -0.3 is 10.4 Å². The van der Waals surface area contributed by atoms with E-state index in [1.165, 1.54) is 0 Å². The van der Waals surface area contributed by atoms with E-state index < -0.39 is 28.9 Å². The van der Waals surface area contributed by atoms with Crippen molar-refractivity contribution in [3.05, 3.63) is 35.1 Å². The van der Waals surface area contributed by atoms with Gasteiger partial charge in [0.05, 0.1) is 5.56 Å². The molecule has 114 valence electrons. The Hall–Kier alpha value is -1.56. The number of hydrogen-bond donors (Lipinski definition) is 2. The zero-order valence-corrected chi connectivity index (χ0v) is 11.3. The molecule has 1 amide bonds. The van der Waals surface area contributed by atoms with Crippen LogP contribution >= 0.6 is 0 Å². The van der Waals surface area contributed by atoms with Crippen LogP contribution in [0.5, 0.6) is 0 Å². The molecule has 1 aromatic carbocycles. The van der Waals surface area contributed by atoms with Gasteiger partial charge in [0.15, 0.2) is 17.5 Å². The minimum atomic E-state index is -1.64. The van der Waals surface area contributed by atoms with E-state index in [1.807, 2.05) is 0 Å². The predicted octanol–water partition coefficient (Wildman–Crippen LogP) is 2.24. The summed E-state index contributed by atoms with van der Waals surface area (Å²) in [6.07, 6.45) is 2.94. The van der Waals surface area contributed by atoms with Crippen LogP contribution in [0.1, 0.15) is 29.6 Å². The van der Waals surface area contributed by atoms with Crippen molar-refractivity contribution < 1.29 is 23.1 Å². The molecule has 2 saturated carbocycles. The van der Waals surface area contributed by atoms with Crippen LogP contribution in [0.4, 0.5) is 13.2 Å². The highest BCUT2D eigenvalue weighted by atomic mass is 19.2. The summed E-state index contributed by atoms with van der Waals surface area (Å²) in [5, 5.41) is 12.1. The van der Waals surface area contributed by atoms with Crippen molar-refractivity contribution in [3.8, 4) is 0 Å². The van der Waals surface area contributed by atoms with Crippen LogP contribution in [-0.2, 0) is 0 Å². The monoisotopic (exact) mass is 299 g/mol. The number of nitrogens with one attached hydrogen (secondary N) is 1. The molecule has 1 aromatic rings. The zero-order chi connectivity index (χ0) is 15.1. The van der Waals surface area contributed by atoms with Crippen LogP contribution in [0.25, 0.3) is 0 Å². The topological polar surface area (TPSA) is 49.3 Å². The summed E-state index contributed by atoms with van der Waals surface area (Å²) in [6.45, 7) is -0.0353. The van der Waals surface area contributed by atoms with Gasteiger partial charge in [-0.25, -0.2) is 13.2 Å². The minimum absolute atomic E-state index is 0.0353. The lowest BCUT2D eigenvalue weighted by molar-refractivity contribution is 0.0856. The second-order valence-electron chi connectivity index (χ2n) is 5.90. The zero-order valence-electron chi connectivity index (χ0n) is 11.3. The molecule has 4 unspecified atom stereocenters. The van der Waals surface area contributed by atoms with Crippen LogP contribution in [0.15, 0.2) is 12.1 Å². The number of amides is 1. The third kappa shape index (κ3) is 2.31. The van der Waals surface area contributed by atoms with Crippen molar-refractivity contribution in [1.82, 2.24) is 5.32 Å². The number of carbonyl (C=O) groups excluding carboxylic acids is 1. The summed E-state index contributed by atoms with van der Waals surface area (Å²) in [5.74, 6) is -4.60. The molecule has 0 saturated heterocycles. The molecule has 3 rings (SSSR count). The fourth-order valence-corrected chi connectivity index (χ4v) is 3.83. The summed E-state index contributed by atoms with van der Waals surface area (Å²) in [4.78, 5) is 12.1. The maximum Gasteiger partial charge on any atom is 0.254 e. The highest BCUT2D eigenvalue weighted by Crippen LogP contribution is 2.48. The van der Waals surface area contributed by atoms with Crippen molar-refractivity contribution in [1.29, 1.82) is 0 Å². The number of rotatable bonds is 3. The normalized spacial score (nSPS) is 30.7. The van der Waals surface area contributed by atoms with E-state index in [9.17, 15) is 23.1 Å². The van der Waals surface area contributed by atoms with Gasteiger partial charge in [0, 0.05) is 18.6 Å². The molecule has 2 aliphatic rings. The third-order valence-corrected chi connectivity index (χ3v) is 4.88. The molecule has 0 aromatic heterocycles. The van der Waals surface area contributed by atoms with Gasteiger partial charge in [-0.2, -0.15) is 0 Å². The van der Waals surface area contributed by atoms with Gasteiger partial charge in [-0.05, 0) is 43.2 Å². The van der Waals surface area contributed by atoms with Gasteiger partial charge >= 0.3 is 0 Å². The lowest BCUT2D eigenvalue weighted by atomic mass is 9.85. The van der Waals surface area contributed by atoms with Crippen LogP contribution in [0.2, 0.25) is 0 Å². The maximum atomic E-state index is 13.6. The Balaban J connectivity index is 1.79. The van der Waals surface area contributed by atoms with Crippen molar-refractivity contribution in [2.24, 2.45) is 17.8 Å². The molecular weight excluding hydrogens is 283 g/mol. The first kappa shape index (κ1) is 14.4. The smallest absolute Gasteiger partial charge is 0.254 e. The Morgan fingerprint density at radius 3 is 2.62 bits per heavy atom. The lowest BCUT2D eigenvalue weighted by Crippen LogP contribution is -2.45. The second kappa shape index (κ2) is 5.33. The van der Waals surface area contributed by atoms with Gasteiger partial charge in [-0.1, -0.05) is 0 Å². The first-order valence-electron chi connectivity index (χ1n) is 7.08. The summed E-state index contributed by atoms with van der Waals surface area (Å²) in [5.41, 5.74) is -0.506. The highest BCUT2D eigenvalue weighted by Gasteiger charge is 2.47. The van der Waals surface area contributed by atoms with Crippen molar-refractivity contribution >= 4 is 5.91 Å². The first-order valence-corrected chi connectivity index (χ1v) is 7.08. The largest absolute Gasteiger partial charge is 0.396 e. The van der Waals surface area contributed by atoms with E-state index >= 15 is 0 Å². The molecule has 6 heteroatoms. The van der Waals surface area contributed by atoms with Crippen LogP contribution in [0.3, 0.4) is 0 Å². The summed E-state index contributed by atoms with van der Waals surface area (Å²) in [6, 6.07) is 1.44. The molecule has 0 radical (unpaired) electrons. The number of aliphatic hydroxyl groups excluding tert-OH is 1. The Labute approximate surface area is 120 Å². The highest BCUT2D eigenvalue weighted by molar-refractivity contribution is 5.94. The summed E-state index contributed by atoms with van der Waals surface area (Å²) >= 11 is 0. The van der Waals surface area contributed by atoms with E-state index in [-0.39, 0.29) is 24.5 Å². The van der Waals surface area contributed by atoms with Crippen LogP contribution in [0, 0.1) is 35.2 Å². The fourth-order valence-electron chi connectivity index (χ4n) is 3.83. The van der Waals surface area contributed by atoms with Gasteiger partial charge in [0.1, 0.15) is 0 Å². The quantitative estimate of drug-likeness (QED) is 0.841. The van der Waals surface area contributed by atoms with Crippen molar-refractivity contribution in [3.63, 3.8) is 0 Å². The first-order chi connectivity index (χ1) is 10.0. The van der Waals surface area contributed by atoms with E-state index in [4.69, 9.17) is 0 Å². The summed E-state index contributed by atoms with van der Waals surface area (Å²) in [7, 11) is 0. The Kier molecular flexibility index (Phi) is 3.65. The van der Waals surface area contributed by atoms with Gasteiger partial charge in [0.25, 0.3) is 5.91 Å².